The van der Waals surface area contributed by atoms with Gasteiger partial charge in [0.25, 0.3) is 0 Å². The van der Waals surface area contributed by atoms with Gasteiger partial charge in [-0.05, 0) is 18.2 Å². The maximum Gasteiger partial charge on any atom is 0.303 e. The Hall–Kier alpha value is -2.44. The Balaban J connectivity index is 2.02. The molecule has 7 heteroatoms. The van der Waals surface area contributed by atoms with E-state index in [1.165, 1.54) is 0 Å². The Bertz CT molecular complexity index is 563. The van der Waals surface area contributed by atoms with E-state index in [-0.39, 0.29) is 18.7 Å². The minimum Gasteiger partial charge on any atom is -0.481 e. The molecule has 2 rings (SSSR count). The summed E-state index contributed by atoms with van der Waals surface area (Å²) >= 11 is 0. The molecule has 0 radical (unpaired) electrons. The van der Waals surface area contributed by atoms with Crippen molar-refractivity contribution >= 4 is 28.6 Å². The van der Waals surface area contributed by atoms with E-state index in [1.54, 1.807) is 18.2 Å². The zero-order valence-electron chi connectivity index (χ0n) is 8.80. The van der Waals surface area contributed by atoms with Crippen molar-refractivity contribution in [2.45, 2.75) is 12.8 Å². The lowest BCUT2D eigenvalue weighted by Gasteiger charge is -2.03. The van der Waals surface area contributed by atoms with Crippen LogP contribution < -0.4 is 5.32 Å². The highest BCUT2D eigenvalue weighted by Gasteiger charge is 2.06. The third-order valence-electron chi connectivity index (χ3n) is 2.17. The molecule has 0 saturated heterocycles. The molecule has 0 aliphatic carbocycles. The molecule has 2 aromatic rings. The first-order valence-corrected chi connectivity index (χ1v) is 4.97. The molecule has 88 valence electrons. The number of aromatic nitrogens is 3. The van der Waals surface area contributed by atoms with Crippen molar-refractivity contribution in [2.75, 3.05) is 5.32 Å². The van der Waals surface area contributed by atoms with Crippen LogP contribution in [0.1, 0.15) is 12.8 Å². The maximum atomic E-state index is 11.4. The number of benzene rings is 1. The first-order valence-electron chi connectivity index (χ1n) is 4.97. The van der Waals surface area contributed by atoms with Crippen molar-refractivity contribution in [3.63, 3.8) is 0 Å². The molecule has 0 saturated carbocycles. The number of carbonyl (C=O) groups is 2. The normalized spacial score (nSPS) is 10.4. The van der Waals surface area contributed by atoms with Crippen LogP contribution in [0.5, 0.6) is 0 Å². The second kappa shape index (κ2) is 4.60. The second-order valence-electron chi connectivity index (χ2n) is 3.47. The Morgan fingerprint density at radius 2 is 2.00 bits per heavy atom. The number of H-pyrrole nitrogens is 1. The molecule has 0 aliphatic heterocycles. The average Bonchev–Trinajstić information content (AvgIpc) is 2.73. The van der Waals surface area contributed by atoms with E-state index in [0.29, 0.717) is 16.7 Å². The van der Waals surface area contributed by atoms with Gasteiger partial charge in [-0.3, -0.25) is 9.59 Å². The van der Waals surface area contributed by atoms with Crippen LogP contribution in [0.2, 0.25) is 0 Å². The van der Waals surface area contributed by atoms with Crippen molar-refractivity contribution in [1.29, 1.82) is 0 Å². The number of aliphatic carboxylic acids is 1. The molecular formula is C10H10N4O3. The van der Waals surface area contributed by atoms with E-state index in [9.17, 15) is 9.59 Å². The molecule has 0 unspecified atom stereocenters. The van der Waals surface area contributed by atoms with E-state index in [0.717, 1.165) is 0 Å². The lowest BCUT2D eigenvalue weighted by molar-refractivity contribution is -0.138. The van der Waals surface area contributed by atoms with Crippen molar-refractivity contribution in [3.05, 3.63) is 18.2 Å². The lowest BCUT2D eigenvalue weighted by Crippen LogP contribution is -2.13. The summed E-state index contributed by atoms with van der Waals surface area (Å²) in [5, 5.41) is 21.3. The van der Waals surface area contributed by atoms with Gasteiger partial charge >= 0.3 is 5.97 Å². The summed E-state index contributed by atoms with van der Waals surface area (Å²) in [6.45, 7) is 0. The summed E-state index contributed by atoms with van der Waals surface area (Å²) < 4.78 is 0. The fourth-order valence-corrected chi connectivity index (χ4v) is 1.36. The van der Waals surface area contributed by atoms with Crippen molar-refractivity contribution in [2.24, 2.45) is 0 Å². The average molecular weight is 234 g/mol. The van der Waals surface area contributed by atoms with Crippen LogP contribution in [-0.2, 0) is 9.59 Å². The number of nitrogens with zero attached hydrogens (tertiary/aromatic N) is 2. The SMILES string of the molecule is O=C(O)CCC(=O)Nc1ccc2n[nH]nc2c1. The van der Waals surface area contributed by atoms with Crippen LogP contribution in [0.25, 0.3) is 11.0 Å². The molecule has 0 spiro atoms. The summed E-state index contributed by atoms with van der Waals surface area (Å²) in [6, 6.07) is 5.06. The monoisotopic (exact) mass is 234 g/mol. The molecule has 17 heavy (non-hydrogen) atoms. The summed E-state index contributed by atoms with van der Waals surface area (Å²) in [5.41, 5.74) is 1.91. The third kappa shape index (κ3) is 2.77. The highest BCUT2D eigenvalue weighted by Crippen LogP contribution is 2.14. The number of carbonyl (C=O) groups excluding carboxylic acids is 1. The van der Waals surface area contributed by atoms with Crippen LogP contribution in [0.3, 0.4) is 0 Å². The maximum absolute atomic E-state index is 11.4. The third-order valence-corrected chi connectivity index (χ3v) is 2.17. The molecular weight excluding hydrogens is 224 g/mol. The number of carboxylic acid groups (broad SMARTS) is 1. The number of hydrogen-bond acceptors (Lipinski definition) is 4. The first kappa shape index (κ1) is 11.1. The molecule has 3 N–H and O–H groups in total. The topological polar surface area (TPSA) is 108 Å². The van der Waals surface area contributed by atoms with Gasteiger partial charge in [-0.2, -0.15) is 15.4 Å². The number of fused-ring (bicyclic) bond motifs is 1. The van der Waals surface area contributed by atoms with E-state index in [4.69, 9.17) is 5.11 Å². The van der Waals surface area contributed by atoms with Gasteiger partial charge < -0.3 is 10.4 Å². The first-order chi connectivity index (χ1) is 8.15. The van der Waals surface area contributed by atoms with Crippen LogP contribution in [0.15, 0.2) is 18.2 Å². The summed E-state index contributed by atoms with van der Waals surface area (Å²) in [7, 11) is 0. The molecule has 1 aromatic carbocycles. The second-order valence-corrected chi connectivity index (χ2v) is 3.47. The van der Waals surface area contributed by atoms with Gasteiger partial charge in [-0.25, -0.2) is 0 Å². The van der Waals surface area contributed by atoms with Gasteiger partial charge in [0, 0.05) is 12.1 Å². The van der Waals surface area contributed by atoms with Crippen LogP contribution >= 0.6 is 0 Å². The largest absolute Gasteiger partial charge is 0.481 e. The van der Waals surface area contributed by atoms with Gasteiger partial charge in [0.05, 0.1) is 6.42 Å². The number of nitrogens with one attached hydrogen (secondary N) is 2. The van der Waals surface area contributed by atoms with E-state index in [2.05, 4.69) is 20.7 Å². The van der Waals surface area contributed by atoms with E-state index >= 15 is 0 Å². The van der Waals surface area contributed by atoms with Crippen LogP contribution in [0, 0.1) is 0 Å². The minimum absolute atomic E-state index is 0.0494. The molecule has 0 fully saturated rings. The fourth-order valence-electron chi connectivity index (χ4n) is 1.36. The number of amides is 1. The standard InChI is InChI=1S/C10H10N4O3/c15-9(3-4-10(16)17)11-6-1-2-7-8(5-6)13-14-12-7/h1-2,5H,3-4H2,(H,11,15)(H,16,17)(H,12,13,14). The Morgan fingerprint density at radius 1 is 1.24 bits per heavy atom. The highest BCUT2D eigenvalue weighted by molar-refractivity contribution is 5.94. The van der Waals surface area contributed by atoms with Gasteiger partial charge in [0.15, 0.2) is 0 Å². The highest BCUT2D eigenvalue weighted by atomic mass is 16.4. The Labute approximate surface area is 95.8 Å². The molecule has 1 aromatic heterocycles. The smallest absolute Gasteiger partial charge is 0.303 e. The zero-order chi connectivity index (χ0) is 12.3. The number of anilines is 1. The van der Waals surface area contributed by atoms with Crippen molar-refractivity contribution in [3.8, 4) is 0 Å². The predicted molar refractivity (Wildman–Crippen MR) is 59.4 cm³/mol. The molecule has 1 heterocycles. The van der Waals surface area contributed by atoms with Crippen molar-refractivity contribution < 1.29 is 14.7 Å². The van der Waals surface area contributed by atoms with E-state index in [1.807, 2.05) is 0 Å². The molecule has 0 bridgehead atoms. The molecule has 0 aliphatic rings. The number of hydrogen-bond donors (Lipinski definition) is 3. The summed E-state index contributed by atoms with van der Waals surface area (Å²) in [4.78, 5) is 21.7. The van der Waals surface area contributed by atoms with Gasteiger partial charge in [-0.1, -0.05) is 0 Å². The predicted octanol–water partition coefficient (Wildman–Crippen LogP) is 0.761. The van der Waals surface area contributed by atoms with Crippen LogP contribution in [0.4, 0.5) is 5.69 Å². The number of carboxylic acids is 1. The van der Waals surface area contributed by atoms with Gasteiger partial charge in [0.1, 0.15) is 11.0 Å². The Kier molecular flexibility index (Phi) is 2.99. The molecule has 0 atom stereocenters. The fraction of sp³-hybridized carbons (Fsp3) is 0.200. The minimum atomic E-state index is -0.993. The Morgan fingerprint density at radius 3 is 2.76 bits per heavy atom. The van der Waals surface area contributed by atoms with Gasteiger partial charge in [-0.15, -0.1) is 0 Å². The summed E-state index contributed by atoms with van der Waals surface area (Å²) in [5.74, 6) is -1.33. The van der Waals surface area contributed by atoms with E-state index < -0.39 is 5.97 Å². The van der Waals surface area contributed by atoms with Gasteiger partial charge in [0.2, 0.25) is 5.91 Å². The quantitative estimate of drug-likeness (QED) is 0.723. The molecule has 7 nitrogen and oxygen atoms in total. The number of rotatable bonds is 4. The zero-order valence-corrected chi connectivity index (χ0v) is 8.80. The lowest BCUT2D eigenvalue weighted by atomic mass is 10.2. The number of aromatic amines is 1. The summed E-state index contributed by atoms with van der Waals surface area (Å²) in [6.07, 6.45) is -0.232. The van der Waals surface area contributed by atoms with Crippen molar-refractivity contribution in [1.82, 2.24) is 15.4 Å². The molecule has 1 amide bonds. The van der Waals surface area contributed by atoms with Crippen LogP contribution in [-0.4, -0.2) is 32.4 Å².